The molecule has 0 amide bonds. The van der Waals surface area contributed by atoms with E-state index in [0.717, 1.165) is 19.5 Å². The Morgan fingerprint density at radius 2 is 2.25 bits per heavy atom. The molecule has 4 heteroatoms. The molecule has 0 bridgehead atoms. The quantitative estimate of drug-likeness (QED) is 0.793. The van der Waals surface area contributed by atoms with Gasteiger partial charge in [0.2, 0.25) is 0 Å². The zero-order valence-electron chi connectivity index (χ0n) is 12.4. The lowest BCUT2D eigenvalue weighted by Gasteiger charge is -2.54. The molecule has 0 N–H and O–H groups in total. The number of nitrogens with zero attached hydrogens (tertiary/aromatic N) is 2. The Morgan fingerprint density at radius 1 is 1.40 bits per heavy atom. The molecule has 1 saturated heterocycles. The summed E-state index contributed by atoms with van der Waals surface area (Å²) in [6, 6.07) is 4.99. The van der Waals surface area contributed by atoms with Crippen LogP contribution >= 0.6 is 22.7 Å². The van der Waals surface area contributed by atoms with Gasteiger partial charge in [0.25, 0.3) is 0 Å². The van der Waals surface area contributed by atoms with Gasteiger partial charge in [0, 0.05) is 23.3 Å². The molecule has 0 radical (unpaired) electrons. The topological polar surface area (TPSA) is 16.1 Å². The fourth-order valence-corrected chi connectivity index (χ4v) is 5.16. The van der Waals surface area contributed by atoms with Crippen molar-refractivity contribution in [2.45, 2.75) is 46.2 Å². The molecule has 3 rings (SSSR count). The van der Waals surface area contributed by atoms with Crippen LogP contribution in [0.1, 0.15) is 48.8 Å². The van der Waals surface area contributed by atoms with Crippen molar-refractivity contribution in [3.05, 3.63) is 38.5 Å². The number of aryl methyl sites for hydroxylation is 1. The van der Waals surface area contributed by atoms with Crippen LogP contribution in [0.15, 0.2) is 22.9 Å². The Bertz CT molecular complexity index is 557. The first-order valence-electron chi connectivity index (χ1n) is 7.31. The third-order valence-electron chi connectivity index (χ3n) is 3.96. The van der Waals surface area contributed by atoms with Gasteiger partial charge >= 0.3 is 0 Å². The van der Waals surface area contributed by atoms with Crippen molar-refractivity contribution in [2.75, 3.05) is 6.54 Å². The lowest BCUT2D eigenvalue weighted by molar-refractivity contribution is -0.0574. The van der Waals surface area contributed by atoms with E-state index in [1.54, 1.807) is 0 Å². The number of thiophene rings is 1. The molecule has 1 atom stereocenters. The van der Waals surface area contributed by atoms with Crippen molar-refractivity contribution in [3.63, 3.8) is 0 Å². The van der Waals surface area contributed by atoms with Gasteiger partial charge in [0.05, 0.1) is 16.7 Å². The van der Waals surface area contributed by atoms with E-state index in [9.17, 15) is 0 Å². The van der Waals surface area contributed by atoms with Crippen LogP contribution < -0.4 is 0 Å². The van der Waals surface area contributed by atoms with Crippen LogP contribution in [-0.4, -0.2) is 16.4 Å². The van der Waals surface area contributed by atoms with E-state index >= 15 is 0 Å². The first-order chi connectivity index (χ1) is 9.60. The summed E-state index contributed by atoms with van der Waals surface area (Å²) in [4.78, 5) is 8.82. The van der Waals surface area contributed by atoms with Crippen molar-refractivity contribution >= 4 is 22.7 Å². The largest absolute Gasteiger partial charge is 0.288 e. The molecular formula is C16H22N2S2. The van der Waals surface area contributed by atoms with Crippen molar-refractivity contribution in [1.29, 1.82) is 0 Å². The molecule has 3 heterocycles. The first-order valence-corrected chi connectivity index (χ1v) is 9.07. The second-order valence-corrected chi connectivity index (χ2v) is 8.22. The zero-order chi connectivity index (χ0) is 14.2. The third-order valence-corrected chi connectivity index (χ3v) is 5.84. The highest BCUT2D eigenvalue weighted by molar-refractivity contribution is 7.10. The molecule has 1 fully saturated rings. The molecule has 1 aliphatic heterocycles. The smallest absolute Gasteiger partial charge is 0.0928 e. The molecule has 0 saturated carbocycles. The van der Waals surface area contributed by atoms with Gasteiger partial charge < -0.3 is 0 Å². The lowest BCUT2D eigenvalue weighted by Crippen LogP contribution is -2.54. The minimum absolute atomic E-state index is 0.382. The normalized spacial score (nSPS) is 21.9. The van der Waals surface area contributed by atoms with Crippen LogP contribution in [0.4, 0.5) is 0 Å². The Hall–Kier alpha value is -0.710. The number of hydrogen-bond donors (Lipinski definition) is 0. The minimum atomic E-state index is 0.382. The molecule has 2 aromatic rings. The number of thiazole rings is 1. The van der Waals surface area contributed by atoms with Crippen molar-refractivity contribution < 1.29 is 0 Å². The lowest BCUT2D eigenvalue weighted by atomic mass is 9.74. The maximum atomic E-state index is 4.77. The Morgan fingerprint density at radius 3 is 2.90 bits per heavy atom. The Balaban J connectivity index is 1.71. The minimum Gasteiger partial charge on any atom is -0.288 e. The highest BCUT2D eigenvalue weighted by atomic mass is 32.1. The van der Waals surface area contributed by atoms with Crippen LogP contribution in [-0.2, 0) is 13.0 Å². The van der Waals surface area contributed by atoms with Crippen LogP contribution in [0.5, 0.6) is 0 Å². The van der Waals surface area contributed by atoms with Crippen LogP contribution in [0.2, 0.25) is 0 Å². The molecule has 2 aromatic heterocycles. The number of rotatable bonds is 5. The van der Waals surface area contributed by atoms with Crippen LogP contribution in [0, 0.1) is 5.41 Å². The number of hydrogen-bond acceptors (Lipinski definition) is 4. The number of aromatic nitrogens is 1. The van der Waals surface area contributed by atoms with Crippen molar-refractivity contribution in [2.24, 2.45) is 5.41 Å². The van der Waals surface area contributed by atoms with Crippen LogP contribution in [0.3, 0.4) is 0 Å². The second kappa shape index (κ2) is 5.58. The van der Waals surface area contributed by atoms with E-state index in [4.69, 9.17) is 4.98 Å². The van der Waals surface area contributed by atoms with Gasteiger partial charge in [-0.05, 0) is 29.7 Å². The first kappa shape index (κ1) is 14.2. The van der Waals surface area contributed by atoms with E-state index < -0.39 is 0 Å². The predicted molar refractivity (Wildman–Crippen MR) is 87.4 cm³/mol. The summed E-state index contributed by atoms with van der Waals surface area (Å²) in [6.07, 6.45) is 2.30. The van der Waals surface area contributed by atoms with Crippen molar-refractivity contribution in [3.8, 4) is 0 Å². The highest BCUT2D eigenvalue weighted by Crippen LogP contribution is 2.50. The third kappa shape index (κ3) is 2.69. The van der Waals surface area contributed by atoms with E-state index in [0.29, 0.717) is 11.5 Å². The summed E-state index contributed by atoms with van der Waals surface area (Å²) < 4.78 is 0. The highest BCUT2D eigenvalue weighted by Gasteiger charge is 2.46. The average Bonchev–Trinajstić information content (AvgIpc) is 3.01. The maximum Gasteiger partial charge on any atom is 0.0928 e. The standard InChI is InChI=1S/C16H22N2S2/c1-4-6-14-17-12(10-20-14)9-18-11-16(2,3)15(18)13-7-5-8-19-13/h5,7-8,10,15H,4,6,9,11H2,1-3H3. The molecule has 1 aliphatic rings. The monoisotopic (exact) mass is 306 g/mol. The van der Waals surface area contributed by atoms with Gasteiger partial charge in [0.1, 0.15) is 0 Å². The summed E-state index contributed by atoms with van der Waals surface area (Å²) in [7, 11) is 0. The fraction of sp³-hybridized carbons (Fsp3) is 0.562. The maximum absolute atomic E-state index is 4.77. The molecule has 0 aromatic carbocycles. The van der Waals surface area contributed by atoms with Gasteiger partial charge in [0.15, 0.2) is 0 Å². The summed E-state index contributed by atoms with van der Waals surface area (Å²) >= 11 is 3.69. The van der Waals surface area contributed by atoms with E-state index in [2.05, 4.69) is 48.6 Å². The fourth-order valence-electron chi connectivity index (χ4n) is 3.20. The van der Waals surface area contributed by atoms with Gasteiger partial charge in [-0.25, -0.2) is 4.98 Å². The molecule has 0 aliphatic carbocycles. The predicted octanol–water partition coefficient (Wildman–Crippen LogP) is 4.74. The Kier molecular flexibility index (Phi) is 3.98. The molecule has 2 nitrogen and oxygen atoms in total. The average molecular weight is 306 g/mol. The summed E-state index contributed by atoms with van der Waals surface area (Å²) in [5.41, 5.74) is 1.63. The van der Waals surface area contributed by atoms with Crippen molar-refractivity contribution in [1.82, 2.24) is 9.88 Å². The zero-order valence-corrected chi connectivity index (χ0v) is 14.1. The van der Waals surface area contributed by atoms with Gasteiger partial charge in [-0.2, -0.15) is 0 Å². The molecule has 0 spiro atoms. The molecule has 108 valence electrons. The summed E-state index contributed by atoms with van der Waals surface area (Å²) in [5, 5.41) is 5.71. The van der Waals surface area contributed by atoms with Crippen LogP contribution in [0.25, 0.3) is 0 Å². The SMILES string of the molecule is CCCc1nc(CN2CC(C)(C)C2c2cccs2)cs1. The van der Waals surface area contributed by atoms with E-state index in [1.165, 1.54) is 22.0 Å². The summed E-state index contributed by atoms with van der Waals surface area (Å²) in [5.74, 6) is 0. The molecule has 1 unspecified atom stereocenters. The Labute approximate surface area is 129 Å². The molecular weight excluding hydrogens is 284 g/mol. The number of likely N-dealkylation sites (tertiary alicyclic amines) is 1. The van der Waals surface area contributed by atoms with Gasteiger partial charge in [-0.15, -0.1) is 22.7 Å². The van der Waals surface area contributed by atoms with E-state index in [-0.39, 0.29) is 0 Å². The summed E-state index contributed by atoms with van der Waals surface area (Å²) in [6.45, 7) is 9.11. The van der Waals surface area contributed by atoms with Gasteiger partial charge in [-0.3, -0.25) is 4.90 Å². The second-order valence-electron chi connectivity index (χ2n) is 6.29. The van der Waals surface area contributed by atoms with E-state index in [1.807, 2.05) is 22.7 Å². The van der Waals surface area contributed by atoms with Gasteiger partial charge in [-0.1, -0.05) is 26.8 Å². The molecule has 20 heavy (non-hydrogen) atoms.